The molecule has 0 unspecified atom stereocenters. The topological polar surface area (TPSA) is 50.4 Å². The van der Waals surface area contributed by atoms with Crippen LogP contribution in [0.2, 0.25) is 0 Å². The number of halogens is 5. The van der Waals surface area contributed by atoms with Crippen molar-refractivity contribution in [1.29, 1.82) is 0 Å². The van der Waals surface area contributed by atoms with Crippen molar-refractivity contribution in [3.05, 3.63) is 23.5 Å². The predicted molar refractivity (Wildman–Crippen MR) is 44.6 cm³/mol. The van der Waals surface area contributed by atoms with Crippen molar-refractivity contribution in [3.63, 3.8) is 0 Å². The summed E-state index contributed by atoms with van der Waals surface area (Å²) in [4.78, 5) is 3.26. The normalized spacial score (nSPS) is 12.6. The first-order valence-corrected chi connectivity index (χ1v) is 4.24. The highest BCUT2D eigenvalue weighted by Crippen LogP contribution is 2.30. The first kappa shape index (κ1) is 11.6. The van der Waals surface area contributed by atoms with Crippen LogP contribution in [0, 0.1) is 0 Å². The van der Waals surface area contributed by atoms with Gasteiger partial charge in [0.1, 0.15) is 5.69 Å². The molecule has 0 aliphatic rings. The minimum Gasteiger partial charge on any atom is -0.493 e. The molecule has 0 bridgehead atoms. The summed E-state index contributed by atoms with van der Waals surface area (Å²) in [7, 11) is 0. The molecule has 2 aromatic heterocycles. The van der Waals surface area contributed by atoms with Gasteiger partial charge in [0, 0.05) is 12.1 Å². The number of rotatable bonds is 1. The van der Waals surface area contributed by atoms with Gasteiger partial charge in [0.05, 0.1) is 0 Å². The fourth-order valence-corrected chi connectivity index (χ4v) is 1.23. The van der Waals surface area contributed by atoms with Crippen LogP contribution in [0.3, 0.4) is 0 Å². The average molecular weight is 253 g/mol. The largest absolute Gasteiger partial charge is 0.493 e. The van der Waals surface area contributed by atoms with Gasteiger partial charge in [-0.05, 0) is 0 Å². The molecule has 17 heavy (non-hydrogen) atoms. The lowest BCUT2D eigenvalue weighted by Crippen LogP contribution is -2.05. The van der Waals surface area contributed by atoms with Crippen molar-refractivity contribution in [2.24, 2.45) is 0 Å². The third-order valence-electron chi connectivity index (χ3n) is 1.94. The smallest absolute Gasteiger partial charge is 0.435 e. The lowest BCUT2D eigenvalue weighted by Gasteiger charge is -2.01. The fourth-order valence-electron chi connectivity index (χ4n) is 1.23. The molecule has 0 spiro atoms. The van der Waals surface area contributed by atoms with Crippen molar-refractivity contribution in [2.75, 3.05) is 0 Å². The van der Waals surface area contributed by atoms with Crippen LogP contribution in [-0.2, 0) is 6.18 Å². The number of fused-ring (bicyclic) bond motifs is 1. The van der Waals surface area contributed by atoms with E-state index < -0.39 is 35.5 Å². The van der Waals surface area contributed by atoms with Crippen LogP contribution < -0.4 is 0 Å². The summed E-state index contributed by atoms with van der Waals surface area (Å²) in [6, 6.07) is 1.04. The van der Waals surface area contributed by atoms with E-state index >= 15 is 0 Å². The number of alkyl halides is 5. The minimum atomic E-state index is -4.73. The maximum absolute atomic E-state index is 12.3. The molecule has 2 aromatic rings. The zero-order chi connectivity index (χ0) is 12.8. The van der Waals surface area contributed by atoms with Gasteiger partial charge in [-0.1, -0.05) is 0 Å². The molecule has 0 aromatic carbocycles. The first-order valence-electron chi connectivity index (χ1n) is 4.24. The third-order valence-corrected chi connectivity index (χ3v) is 1.94. The van der Waals surface area contributed by atoms with Crippen LogP contribution in [0.4, 0.5) is 22.0 Å². The van der Waals surface area contributed by atoms with E-state index in [-0.39, 0.29) is 0 Å². The summed E-state index contributed by atoms with van der Waals surface area (Å²) in [6.07, 6.45) is -7.72. The molecule has 9 heteroatoms. The van der Waals surface area contributed by atoms with Gasteiger partial charge < -0.3 is 5.11 Å². The molecule has 0 saturated heterocycles. The Morgan fingerprint density at radius 2 is 1.88 bits per heavy atom. The van der Waals surface area contributed by atoms with Crippen LogP contribution in [0.15, 0.2) is 12.1 Å². The SMILES string of the molecule is Oc1cc(C(F)F)nc2cc(C(F)(F)F)nn12. The number of nitrogens with zero attached hydrogens (tertiary/aromatic N) is 3. The summed E-state index contributed by atoms with van der Waals surface area (Å²) < 4.78 is 61.9. The van der Waals surface area contributed by atoms with Gasteiger partial charge in [-0.3, -0.25) is 0 Å². The Balaban J connectivity index is 2.65. The molecule has 2 heterocycles. The lowest BCUT2D eigenvalue weighted by atomic mass is 10.4. The Kier molecular flexibility index (Phi) is 2.40. The van der Waals surface area contributed by atoms with Gasteiger partial charge in [-0.2, -0.15) is 22.8 Å². The van der Waals surface area contributed by atoms with Gasteiger partial charge in [0.2, 0.25) is 5.88 Å². The average Bonchev–Trinajstić information content (AvgIpc) is 2.60. The Morgan fingerprint density at radius 1 is 1.24 bits per heavy atom. The number of hydrogen-bond acceptors (Lipinski definition) is 3. The monoisotopic (exact) mass is 253 g/mol. The molecule has 0 aliphatic heterocycles. The van der Waals surface area contributed by atoms with Crippen molar-refractivity contribution < 1.29 is 27.1 Å². The van der Waals surface area contributed by atoms with E-state index in [0.717, 1.165) is 0 Å². The Bertz CT molecular complexity index is 562. The fraction of sp³-hybridized carbons (Fsp3) is 0.250. The van der Waals surface area contributed by atoms with Crippen molar-refractivity contribution in [1.82, 2.24) is 14.6 Å². The van der Waals surface area contributed by atoms with Crippen LogP contribution in [0.5, 0.6) is 5.88 Å². The Labute approximate surface area is 90.3 Å². The zero-order valence-corrected chi connectivity index (χ0v) is 7.91. The maximum Gasteiger partial charge on any atom is 0.435 e. The van der Waals surface area contributed by atoms with Gasteiger partial charge in [-0.15, -0.1) is 0 Å². The third kappa shape index (κ3) is 1.99. The summed E-state index contributed by atoms with van der Waals surface area (Å²) in [5, 5.41) is 12.3. The summed E-state index contributed by atoms with van der Waals surface area (Å²) >= 11 is 0. The molecule has 0 atom stereocenters. The standard InChI is InChI=1S/C8H4F5N3O/c9-7(10)3-1-6(17)16-5(14-3)2-4(15-16)8(11,12)13/h1-2,7,17H. The van der Waals surface area contributed by atoms with Crippen molar-refractivity contribution >= 4 is 5.65 Å². The molecule has 0 radical (unpaired) electrons. The maximum atomic E-state index is 12.3. The van der Waals surface area contributed by atoms with Crippen molar-refractivity contribution in [3.8, 4) is 5.88 Å². The summed E-state index contributed by atoms with van der Waals surface area (Å²) in [6.45, 7) is 0. The van der Waals surface area contributed by atoms with Gasteiger partial charge in [-0.25, -0.2) is 13.8 Å². The van der Waals surface area contributed by atoms with Crippen LogP contribution in [-0.4, -0.2) is 19.7 Å². The second-order valence-corrected chi connectivity index (χ2v) is 3.14. The van der Waals surface area contributed by atoms with E-state index in [2.05, 4.69) is 10.1 Å². The second kappa shape index (κ2) is 3.54. The van der Waals surface area contributed by atoms with Crippen molar-refractivity contribution in [2.45, 2.75) is 12.6 Å². The quantitative estimate of drug-likeness (QED) is 0.794. The summed E-state index contributed by atoms with van der Waals surface area (Å²) in [5.74, 6) is -0.833. The molecule has 92 valence electrons. The van der Waals surface area contributed by atoms with E-state index in [1.54, 1.807) is 0 Å². The van der Waals surface area contributed by atoms with E-state index in [1.807, 2.05) is 0 Å². The van der Waals surface area contributed by atoms with Gasteiger partial charge in [0.15, 0.2) is 11.3 Å². The molecule has 0 aliphatic carbocycles. The molecule has 0 fully saturated rings. The van der Waals surface area contributed by atoms with Crippen LogP contribution in [0.25, 0.3) is 5.65 Å². The van der Waals surface area contributed by atoms with Gasteiger partial charge >= 0.3 is 6.18 Å². The molecule has 4 nitrogen and oxygen atoms in total. The molecular formula is C8H4F5N3O. The number of aromatic nitrogens is 3. The first-order chi connectivity index (χ1) is 7.79. The molecular weight excluding hydrogens is 249 g/mol. The zero-order valence-electron chi connectivity index (χ0n) is 7.91. The predicted octanol–water partition coefficient (Wildman–Crippen LogP) is 2.39. The molecule has 2 rings (SSSR count). The number of hydrogen-bond donors (Lipinski definition) is 1. The molecule has 0 amide bonds. The number of aromatic hydroxyl groups is 1. The highest BCUT2D eigenvalue weighted by Gasteiger charge is 2.34. The highest BCUT2D eigenvalue weighted by atomic mass is 19.4. The van der Waals surface area contributed by atoms with E-state index in [0.29, 0.717) is 16.6 Å². The molecule has 0 saturated carbocycles. The van der Waals surface area contributed by atoms with Crippen LogP contribution >= 0.6 is 0 Å². The molecule has 1 N–H and O–H groups in total. The van der Waals surface area contributed by atoms with Crippen LogP contribution in [0.1, 0.15) is 17.8 Å². The minimum absolute atomic E-state index is 0.439. The highest BCUT2D eigenvalue weighted by molar-refractivity contribution is 5.44. The Hall–Kier alpha value is -1.93. The summed E-state index contributed by atoms with van der Waals surface area (Å²) in [5.41, 5.74) is -2.62. The van der Waals surface area contributed by atoms with E-state index in [9.17, 15) is 27.1 Å². The Morgan fingerprint density at radius 3 is 2.41 bits per heavy atom. The van der Waals surface area contributed by atoms with E-state index in [4.69, 9.17) is 0 Å². The lowest BCUT2D eigenvalue weighted by molar-refractivity contribution is -0.141. The van der Waals surface area contributed by atoms with Gasteiger partial charge in [0.25, 0.3) is 6.43 Å². The van der Waals surface area contributed by atoms with E-state index in [1.165, 1.54) is 0 Å². The second-order valence-electron chi connectivity index (χ2n) is 3.14.